The van der Waals surface area contributed by atoms with Gasteiger partial charge in [-0.1, -0.05) is 45.4 Å². The van der Waals surface area contributed by atoms with Gasteiger partial charge in [0, 0.05) is 18.2 Å². The Morgan fingerprint density at radius 2 is 1.85 bits per heavy atom. The fraction of sp³-hybridized carbons (Fsp3) is 0.647. The molecule has 3 heteroatoms. The predicted octanol–water partition coefficient (Wildman–Crippen LogP) is 3.77. The molecule has 1 rings (SSSR count). The van der Waals surface area contributed by atoms with Gasteiger partial charge in [-0.3, -0.25) is 0 Å². The molecule has 0 amide bonds. The molecule has 3 nitrogen and oxygen atoms in total. The molecule has 20 heavy (non-hydrogen) atoms. The van der Waals surface area contributed by atoms with Crippen molar-refractivity contribution in [1.82, 2.24) is 5.32 Å². The standard InChI is InChI=1S/C17H29NO2/c1-5-8-15(4)19-11-12-20-17-10-7-6-9-16(17)13-18-14(2)3/h6-7,9-10,14-15,18H,5,8,11-13H2,1-4H3. The zero-order valence-corrected chi connectivity index (χ0v) is 13.3. The molecule has 0 saturated carbocycles. The Morgan fingerprint density at radius 3 is 2.55 bits per heavy atom. The molecule has 114 valence electrons. The van der Waals surface area contributed by atoms with Crippen LogP contribution in [0, 0.1) is 0 Å². The van der Waals surface area contributed by atoms with E-state index in [4.69, 9.17) is 9.47 Å². The lowest BCUT2D eigenvalue weighted by Gasteiger charge is -2.15. The first-order valence-electron chi connectivity index (χ1n) is 7.69. The molecule has 0 saturated heterocycles. The zero-order valence-electron chi connectivity index (χ0n) is 13.3. The summed E-state index contributed by atoms with van der Waals surface area (Å²) in [6, 6.07) is 8.65. The molecule has 0 aliphatic rings. The first-order valence-corrected chi connectivity index (χ1v) is 7.69. The van der Waals surface area contributed by atoms with Crippen molar-refractivity contribution in [3.8, 4) is 5.75 Å². The molecule has 0 radical (unpaired) electrons. The van der Waals surface area contributed by atoms with Gasteiger partial charge in [0.15, 0.2) is 0 Å². The van der Waals surface area contributed by atoms with E-state index in [-0.39, 0.29) is 0 Å². The van der Waals surface area contributed by atoms with Gasteiger partial charge in [0.25, 0.3) is 0 Å². The molecule has 0 heterocycles. The molecule has 0 spiro atoms. The molecule has 0 aromatic heterocycles. The van der Waals surface area contributed by atoms with Gasteiger partial charge in [-0.2, -0.15) is 0 Å². The second-order valence-corrected chi connectivity index (χ2v) is 5.46. The monoisotopic (exact) mass is 279 g/mol. The van der Waals surface area contributed by atoms with Crippen molar-refractivity contribution >= 4 is 0 Å². The predicted molar refractivity (Wildman–Crippen MR) is 84.2 cm³/mol. The number of nitrogens with one attached hydrogen (secondary N) is 1. The average Bonchev–Trinajstić information content (AvgIpc) is 2.42. The lowest BCUT2D eigenvalue weighted by molar-refractivity contribution is 0.0393. The molecule has 0 fully saturated rings. The highest BCUT2D eigenvalue weighted by atomic mass is 16.5. The Morgan fingerprint density at radius 1 is 1.10 bits per heavy atom. The maximum absolute atomic E-state index is 5.83. The third-order valence-corrected chi connectivity index (χ3v) is 3.11. The third-order valence-electron chi connectivity index (χ3n) is 3.11. The Bertz CT molecular complexity index is 366. The number of ether oxygens (including phenoxy) is 2. The molecule has 1 atom stereocenters. The van der Waals surface area contributed by atoms with E-state index < -0.39 is 0 Å². The van der Waals surface area contributed by atoms with Crippen molar-refractivity contribution in [1.29, 1.82) is 0 Å². The van der Waals surface area contributed by atoms with Crippen LogP contribution in [0.15, 0.2) is 24.3 Å². The summed E-state index contributed by atoms with van der Waals surface area (Å²) in [6.45, 7) is 10.7. The van der Waals surface area contributed by atoms with Crippen LogP contribution in [0.25, 0.3) is 0 Å². The average molecular weight is 279 g/mol. The van der Waals surface area contributed by atoms with Gasteiger partial charge in [0.2, 0.25) is 0 Å². The molecule has 1 aromatic rings. The quantitative estimate of drug-likeness (QED) is 0.661. The van der Waals surface area contributed by atoms with Crippen LogP contribution in [0.2, 0.25) is 0 Å². The van der Waals surface area contributed by atoms with E-state index in [0.29, 0.717) is 25.4 Å². The Hall–Kier alpha value is -1.06. The van der Waals surface area contributed by atoms with Crippen LogP contribution in [0.1, 0.15) is 46.1 Å². The maximum Gasteiger partial charge on any atom is 0.123 e. The molecule has 0 bridgehead atoms. The summed E-state index contributed by atoms with van der Waals surface area (Å²) in [7, 11) is 0. The van der Waals surface area contributed by atoms with Gasteiger partial charge in [0.05, 0.1) is 12.7 Å². The summed E-state index contributed by atoms with van der Waals surface area (Å²) in [6.07, 6.45) is 2.59. The van der Waals surface area contributed by atoms with Crippen molar-refractivity contribution in [2.24, 2.45) is 0 Å². The molecule has 1 unspecified atom stereocenters. The lowest BCUT2D eigenvalue weighted by atomic mass is 10.2. The van der Waals surface area contributed by atoms with Gasteiger partial charge in [-0.25, -0.2) is 0 Å². The second kappa shape index (κ2) is 9.78. The van der Waals surface area contributed by atoms with Gasteiger partial charge in [0.1, 0.15) is 12.4 Å². The van der Waals surface area contributed by atoms with E-state index in [9.17, 15) is 0 Å². The maximum atomic E-state index is 5.83. The summed E-state index contributed by atoms with van der Waals surface area (Å²) in [5.74, 6) is 0.951. The summed E-state index contributed by atoms with van der Waals surface area (Å²) >= 11 is 0. The summed E-state index contributed by atoms with van der Waals surface area (Å²) in [5, 5.41) is 3.42. The smallest absolute Gasteiger partial charge is 0.123 e. The van der Waals surface area contributed by atoms with Crippen LogP contribution in [0.4, 0.5) is 0 Å². The van der Waals surface area contributed by atoms with E-state index in [0.717, 1.165) is 25.1 Å². The number of hydrogen-bond donors (Lipinski definition) is 1. The Balaban J connectivity index is 2.35. The third kappa shape index (κ3) is 6.92. The van der Waals surface area contributed by atoms with E-state index in [1.165, 1.54) is 5.56 Å². The number of benzene rings is 1. The van der Waals surface area contributed by atoms with Crippen molar-refractivity contribution in [3.63, 3.8) is 0 Å². The van der Waals surface area contributed by atoms with Gasteiger partial charge < -0.3 is 14.8 Å². The molecule has 1 N–H and O–H groups in total. The topological polar surface area (TPSA) is 30.5 Å². The number of rotatable bonds is 10. The van der Waals surface area contributed by atoms with Crippen molar-refractivity contribution in [2.75, 3.05) is 13.2 Å². The molecule has 0 aliphatic heterocycles. The van der Waals surface area contributed by atoms with Crippen molar-refractivity contribution in [3.05, 3.63) is 29.8 Å². The SMILES string of the molecule is CCCC(C)OCCOc1ccccc1CNC(C)C. The number of para-hydroxylation sites is 1. The van der Waals surface area contributed by atoms with Crippen LogP contribution < -0.4 is 10.1 Å². The van der Waals surface area contributed by atoms with E-state index in [1.54, 1.807) is 0 Å². The summed E-state index contributed by atoms with van der Waals surface area (Å²) in [5.41, 5.74) is 1.20. The fourth-order valence-electron chi connectivity index (χ4n) is 2.00. The Kier molecular flexibility index (Phi) is 8.31. The lowest BCUT2D eigenvalue weighted by Crippen LogP contribution is -2.22. The minimum Gasteiger partial charge on any atom is -0.491 e. The van der Waals surface area contributed by atoms with Crippen LogP contribution in [-0.2, 0) is 11.3 Å². The first-order chi connectivity index (χ1) is 9.63. The summed E-state index contributed by atoms with van der Waals surface area (Å²) in [4.78, 5) is 0. The zero-order chi connectivity index (χ0) is 14.8. The normalized spacial score (nSPS) is 12.7. The van der Waals surface area contributed by atoms with Crippen LogP contribution in [0.5, 0.6) is 5.75 Å². The molecule has 0 aliphatic carbocycles. The highest BCUT2D eigenvalue weighted by Gasteiger charge is 2.04. The molecular formula is C17H29NO2. The second-order valence-electron chi connectivity index (χ2n) is 5.46. The van der Waals surface area contributed by atoms with E-state index >= 15 is 0 Å². The Labute approximate surface area is 123 Å². The number of hydrogen-bond acceptors (Lipinski definition) is 3. The minimum atomic E-state index is 0.321. The van der Waals surface area contributed by atoms with Crippen molar-refractivity contribution in [2.45, 2.75) is 59.2 Å². The van der Waals surface area contributed by atoms with Gasteiger partial charge in [-0.05, 0) is 19.4 Å². The fourth-order valence-corrected chi connectivity index (χ4v) is 2.00. The highest BCUT2D eigenvalue weighted by Crippen LogP contribution is 2.17. The largest absolute Gasteiger partial charge is 0.491 e. The van der Waals surface area contributed by atoms with Gasteiger partial charge in [-0.15, -0.1) is 0 Å². The van der Waals surface area contributed by atoms with Crippen molar-refractivity contribution < 1.29 is 9.47 Å². The van der Waals surface area contributed by atoms with E-state index in [1.807, 2.05) is 18.2 Å². The molecule has 1 aromatic carbocycles. The minimum absolute atomic E-state index is 0.321. The highest BCUT2D eigenvalue weighted by molar-refractivity contribution is 5.33. The first kappa shape index (κ1) is 17.0. The molecular weight excluding hydrogens is 250 g/mol. The van der Waals surface area contributed by atoms with Gasteiger partial charge >= 0.3 is 0 Å². The van der Waals surface area contributed by atoms with Crippen LogP contribution in [-0.4, -0.2) is 25.4 Å². The van der Waals surface area contributed by atoms with Crippen LogP contribution in [0.3, 0.4) is 0 Å². The summed E-state index contributed by atoms with van der Waals surface area (Å²) < 4.78 is 11.5. The van der Waals surface area contributed by atoms with E-state index in [2.05, 4.69) is 39.1 Å². The van der Waals surface area contributed by atoms with Crippen LogP contribution >= 0.6 is 0 Å².